The number of benzene rings is 2. The Kier molecular flexibility index (Phi) is 5.63. The molecule has 3 rings (SSSR count). The molecule has 0 saturated carbocycles. The Morgan fingerprint density at radius 2 is 1.88 bits per heavy atom. The normalized spacial score (nSPS) is 10.5. The highest BCUT2D eigenvalue weighted by Gasteiger charge is 2.06. The fourth-order valence-electron chi connectivity index (χ4n) is 2.41. The molecule has 0 saturated heterocycles. The van der Waals surface area contributed by atoms with Gasteiger partial charge in [0.05, 0.1) is 6.54 Å². The summed E-state index contributed by atoms with van der Waals surface area (Å²) in [6.07, 6.45) is 2.60. The Morgan fingerprint density at radius 3 is 2.64 bits per heavy atom. The van der Waals surface area contributed by atoms with Crippen molar-refractivity contribution in [2.24, 2.45) is 0 Å². The summed E-state index contributed by atoms with van der Waals surface area (Å²) in [4.78, 5) is 4.24. The number of halogens is 1. The lowest BCUT2D eigenvalue weighted by Gasteiger charge is -2.11. The van der Waals surface area contributed by atoms with E-state index in [1.165, 1.54) is 5.56 Å². The minimum atomic E-state index is 0.459. The number of aryl methyl sites for hydroxylation is 1. The van der Waals surface area contributed by atoms with Gasteiger partial charge in [-0.15, -0.1) is 5.10 Å². The molecule has 0 unspecified atom stereocenters. The number of aromatic nitrogens is 3. The van der Waals surface area contributed by atoms with Gasteiger partial charge in [-0.1, -0.05) is 48.9 Å². The molecule has 0 amide bonds. The average Bonchev–Trinajstić information content (AvgIpc) is 3.04. The van der Waals surface area contributed by atoms with Crippen LogP contribution in [-0.2, 0) is 13.0 Å². The van der Waals surface area contributed by atoms with Crippen LogP contribution in [0.3, 0.4) is 0 Å². The minimum Gasteiger partial charge on any atom is -0.332 e. The zero-order valence-corrected chi connectivity index (χ0v) is 15.3. The molecule has 128 valence electrons. The largest absolute Gasteiger partial charge is 0.332 e. The first-order chi connectivity index (χ1) is 12.1. The number of thiocarbonyl (C=S) groups is 1. The van der Waals surface area contributed by atoms with E-state index in [2.05, 4.69) is 33.7 Å². The second kappa shape index (κ2) is 8.09. The van der Waals surface area contributed by atoms with Crippen molar-refractivity contribution in [3.05, 3.63) is 71.0 Å². The van der Waals surface area contributed by atoms with Crippen LogP contribution in [0.1, 0.15) is 18.1 Å². The number of hydrogen-bond donors (Lipinski definition) is 2. The van der Waals surface area contributed by atoms with E-state index in [1.807, 2.05) is 42.5 Å². The summed E-state index contributed by atoms with van der Waals surface area (Å²) < 4.78 is 1.74. The third kappa shape index (κ3) is 4.78. The molecule has 0 spiro atoms. The third-order valence-corrected chi connectivity index (χ3v) is 4.12. The quantitative estimate of drug-likeness (QED) is 0.653. The molecular formula is C18H18ClN5S. The van der Waals surface area contributed by atoms with E-state index < -0.39 is 0 Å². The molecule has 0 atom stereocenters. The van der Waals surface area contributed by atoms with Gasteiger partial charge in [-0.2, -0.15) is 0 Å². The van der Waals surface area contributed by atoms with Crippen LogP contribution in [0, 0.1) is 0 Å². The highest BCUT2D eigenvalue weighted by Crippen LogP contribution is 2.16. The van der Waals surface area contributed by atoms with Crippen LogP contribution >= 0.6 is 23.8 Å². The highest BCUT2D eigenvalue weighted by atomic mass is 35.5. The second-order valence-electron chi connectivity index (χ2n) is 5.48. The van der Waals surface area contributed by atoms with Crippen molar-refractivity contribution in [3.8, 4) is 0 Å². The van der Waals surface area contributed by atoms with Gasteiger partial charge in [-0.3, -0.25) is 5.32 Å². The molecule has 1 aromatic heterocycles. The van der Waals surface area contributed by atoms with Gasteiger partial charge in [0.15, 0.2) is 5.11 Å². The maximum atomic E-state index is 5.90. The Hall–Kier alpha value is -2.44. The molecule has 25 heavy (non-hydrogen) atoms. The summed E-state index contributed by atoms with van der Waals surface area (Å²) in [6, 6.07) is 15.7. The first-order valence-electron chi connectivity index (χ1n) is 7.94. The van der Waals surface area contributed by atoms with Gasteiger partial charge < -0.3 is 5.32 Å². The van der Waals surface area contributed by atoms with Crippen LogP contribution in [-0.4, -0.2) is 19.9 Å². The van der Waals surface area contributed by atoms with E-state index in [9.17, 15) is 0 Å². The Morgan fingerprint density at radius 1 is 1.12 bits per heavy atom. The predicted octanol–water partition coefficient (Wildman–Crippen LogP) is 4.35. The standard InChI is InChI=1S/C18H18ClN5S/c1-2-14-5-3-4-6-16(14)21-18(25)22-17-20-12-24(23-17)11-13-7-9-15(19)10-8-13/h3-10,12H,2,11H2,1H3,(H2,21,22,23,25). The van der Waals surface area contributed by atoms with Crippen LogP contribution in [0.25, 0.3) is 0 Å². The van der Waals surface area contributed by atoms with E-state index in [4.69, 9.17) is 23.8 Å². The molecule has 1 heterocycles. The van der Waals surface area contributed by atoms with Gasteiger partial charge in [0, 0.05) is 10.7 Å². The molecule has 0 aliphatic rings. The van der Waals surface area contributed by atoms with E-state index in [0.717, 1.165) is 17.7 Å². The first-order valence-corrected chi connectivity index (χ1v) is 8.72. The molecule has 2 N–H and O–H groups in total. The molecule has 3 aromatic rings. The van der Waals surface area contributed by atoms with Gasteiger partial charge in [0.2, 0.25) is 5.95 Å². The molecule has 0 radical (unpaired) electrons. The molecular weight excluding hydrogens is 354 g/mol. The fourth-order valence-corrected chi connectivity index (χ4v) is 2.74. The van der Waals surface area contributed by atoms with Crippen molar-refractivity contribution in [1.82, 2.24) is 14.8 Å². The Balaban J connectivity index is 1.61. The lowest BCUT2D eigenvalue weighted by molar-refractivity contribution is 0.687. The Labute approximate surface area is 157 Å². The van der Waals surface area contributed by atoms with Crippen molar-refractivity contribution in [1.29, 1.82) is 0 Å². The number of hydrogen-bond acceptors (Lipinski definition) is 3. The number of rotatable bonds is 5. The summed E-state index contributed by atoms with van der Waals surface area (Å²) in [5.41, 5.74) is 3.29. The monoisotopic (exact) mass is 371 g/mol. The topological polar surface area (TPSA) is 54.8 Å². The van der Waals surface area contributed by atoms with Crippen molar-refractivity contribution in [2.45, 2.75) is 19.9 Å². The summed E-state index contributed by atoms with van der Waals surface area (Å²) in [7, 11) is 0. The molecule has 0 bridgehead atoms. The average molecular weight is 372 g/mol. The smallest absolute Gasteiger partial charge is 0.248 e. The highest BCUT2D eigenvalue weighted by molar-refractivity contribution is 7.80. The van der Waals surface area contributed by atoms with Crippen molar-refractivity contribution >= 4 is 40.6 Å². The fraction of sp³-hybridized carbons (Fsp3) is 0.167. The zero-order chi connectivity index (χ0) is 17.6. The molecule has 0 fully saturated rings. The lowest BCUT2D eigenvalue weighted by atomic mass is 10.1. The van der Waals surface area contributed by atoms with Crippen molar-refractivity contribution in [3.63, 3.8) is 0 Å². The van der Waals surface area contributed by atoms with Crippen LogP contribution in [0.5, 0.6) is 0 Å². The molecule has 5 nitrogen and oxygen atoms in total. The first kappa shape index (κ1) is 17.4. The van der Waals surface area contributed by atoms with Crippen LogP contribution < -0.4 is 10.6 Å². The van der Waals surface area contributed by atoms with Crippen molar-refractivity contribution in [2.75, 3.05) is 10.6 Å². The SMILES string of the molecule is CCc1ccccc1NC(=S)Nc1ncn(Cc2ccc(Cl)cc2)n1. The van der Waals surface area contributed by atoms with Gasteiger partial charge in [-0.05, 0) is 48.0 Å². The van der Waals surface area contributed by atoms with Gasteiger partial charge in [0.1, 0.15) is 6.33 Å². The van der Waals surface area contributed by atoms with Gasteiger partial charge in [0.25, 0.3) is 0 Å². The second-order valence-corrected chi connectivity index (χ2v) is 6.33. The number of nitrogens with zero attached hydrogens (tertiary/aromatic N) is 3. The van der Waals surface area contributed by atoms with Crippen LogP contribution in [0.15, 0.2) is 54.9 Å². The Bertz CT molecular complexity index is 860. The van der Waals surface area contributed by atoms with E-state index in [-0.39, 0.29) is 0 Å². The van der Waals surface area contributed by atoms with Gasteiger partial charge >= 0.3 is 0 Å². The van der Waals surface area contributed by atoms with Gasteiger partial charge in [-0.25, -0.2) is 9.67 Å². The van der Waals surface area contributed by atoms with Crippen LogP contribution in [0.4, 0.5) is 11.6 Å². The maximum Gasteiger partial charge on any atom is 0.248 e. The zero-order valence-electron chi connectivity index (χ0n) is 13.7. The molecule has 0 aliphatic heterocycles. The number of anilines is 2. The van der Waals surface area contributed by atoms with Crippen LogP contribution in [0.2, 0.25) is 5.02 Å². The predicted molar refractivity (Wildman–Crippen MR) is 106 cm³/mol. The maximum absolute atomic E-state index is 5.90. The molecule has 2 aromatic carbocycles. The third-order valence-electron chi connectivity index (χ3n) is 3.67. The van der Waals surface area contributed by atoms with E-state index in [1.54, 1.807) is 11.0 Å². The van der Waals surface area contributed by atoms with E-state index in [0.29, 0.717) is 22.6 Å². The van der Waals surface area contributed by atoms with Crippen molar-refractivity contribution < 1.29 is 0 Å². The number of para-hydroxylation sites is 1. The number of nitrogens with one attached hydrogen (secondary N) is 2. The van der Waals surface area contributed by atoms with E-state index >= 15 is 0 Å². The molecule has 7 heteroatoms. The lowest BCUT2D eigenvalue weighted by Crippen LogP contribution is -2.20. The minimum absolute atomic E-state index is 0.459. The summed E-state index contributed by atoms with van der Waals surface area (Å²) >= 11 is 11.3. The summed E-state index contributed by atoms with van der Waals surface area (Å²) in [5.74, 6) is 0.459. The molecule has 0 aliphatic carbocycles. The summed E-state index contributed by atoms with van der Waals surface area (Å²) in [5, 5.41) is 11.8. The summed E-state index contributed by atoms with van der Waals surface area (Å²) in [6.45, 7) is 2.72.